The maximum atomic E-state index is 14.4. The van der Waals surface area contributed by atoms with E-state index in [0.717, 1.165) is 13.0 Å². The van der Waals surface area contributed by atoms with Gasteiger partial charge in [0.25, 0.3) is 0 Å². The van der Waals surface area contributed by atoms with E-state index in [1.54, 1.807) is 27.9 Å². The number of aliphatic hydroxyl groups excluding tert-OH is 2. The molecule has 0 spiro atoms. The number of hydrogen-bond acceptors (Lipinski definition) is 14. The number of cyclic esters (lactones) is 1. The van der Waals surface area contributed by atoms with Crippen molar-refractivity contribution in [2.45, 2.75) is 199 Å². The highest BCUT2D eigenvalue weighted by atomic mass is 16.7. The van der Waals surface area contributed by atoms with Gasteiger partial charge in [0, 0.05) is 38.1 Å². The van der Waals surface area contributed by atoms with Gasteiger partial charge >= 0.3 is 5.97 Å². The van der Waals surface area contributed by atoms with Crippen LogP contribution < -0.4 is 10.6 Å². The Morgan fingerprint density at radius 2 is 1.61 bits per heavy atom. The van der Waals surface area contributed by atoms with Crippen molar-refractivity contribution in [3.63, 3.8) is 0 Å². The predicted molar refractivity (Wildman–Crippen MR) is 215 cm³/mol. The van der Waals surface area contributed by atoms with E-state index in [-0.39, 0.29) is 37.5 Å². The van der Waals surface area contributed by atoms with Crippen molar-refractivity contribution in [1.29, 1.82) is 0 Å². The maximum absolute atomic E-state index is 14.4. The SMILES string of the molecule is CCCNC[C@]1(O)[C@H](C)O[C@@H](O[C@H]2[C@H](C)[C@@H](O[C@@H]3O[C@H](C)C[C@H](N(C)C)[C@H]3O)C(C)(C)C[C@@H](C)CN[C@H](C)[C@@H](O)[C@](C)(O)[C@@H](CC)OC(=O)[C@@H]2C)C[C@@]1(C)OC. The molecule has 0 aromatic heterocycles. The molecule has 0 amide bonds. The van der Waals surface area contributed by atoms with Gasteiger partial charge < -0.3 is 64.4 Å². The molecule has 56 heavy (non-hydrogen) atoms. The van der Waals surface area contributed by atoms with Gasteiger partial charge in [0.15, 0.2) is 12.6 Å². The molecule has 14 heteroatoms. The first-order valence-electron chi connectivity index (χ1n) is 21.2. The average Bonchev–Trinajstić information content (AvgIpc) is 3.12. The normalized spacial score (nSPS) is 46.2. The highest BCUT2D eigenvalue weighted by molar-refractivity contribution is 5.73. The number of carbonyl (C=O) groups excluding carboxylic acids is 1. The molecule has 0 aliphatic carbocycles. The van der Waals surface area contributed by atoms with E-state index in [4.69, 9.17) is 28.4 Å². The predicted octanol–water partition coefficient (Wildman–Crippen LogP) is 3.20. The molecule has 3 saturated heterocycles. The number of nitrogens with zero attached hydrogens (tertiary/aromatic N) is 1. The molecule has 3 aliphatic heterocycles. The van der Waals surface area contributed by atoms with Crippen molar-refractivity contribution in [2.75, 3.05) is 40.8 Å². The van der Waals surface area contributed by atoms with Crippen LogP contribution in [-0.4, -0.2) is 156 Å². The van der Waals surface area contributed by atoms with Gasteiger partial charge in [-0.25, -0.2) is 0 Å². The van der Waals surface area contributed by atoms with Gasteiger partial charge in [-0.1, -0.05) is 41.5 Å². The Bertz CT molecular complexity index is 1230. The number of carbonyl (C=O) groups is 1. The summed E-state index contributed by atoms with van der Waals surface area (Å²) in [5.74, 6) is -1.97. The number of rotatable bonds is 11. The Morgan fingerprint density at radius 3 is 2.18 bits per heavy atom. The topological polar surface area (TPSA) is 181 Å². The highest BCUT2D eigenvalue weighted by Gasteiger charge is 2.58. The van der Waals surface area contributed by atoms with E-state index < -0.39 is 95.3 Å². The van der Waals surface area contributed by atoms with Crippen LogP contribution in [0, 0.1) is 23.2 Å². The number of ether oxygens (including phenoxy) is 6. The molecule has 0 unspecified atom stereocenters. The Balaban J connectivity index is 2.16. The summed E-state index contributed by atoms with van der Waals surface area (Å²) in [6, 6.07) is -0.714. The molecule has 0 bridgehead atoms. The second-order valence-electron chi connectivity index (χ2n) is 18.8. The highest BCUT2D eigenvalue weighted by Crippen LogP contribution is 2.44. The smallest absolute Gasteiger partial charge is 0.311 e. The van der Waals surface area contributed by atoms with Crippen LogP contribution in [0.3, 0.4) is 0 Å². The number of aliphatic hydroxyl groups is 4. The number of likely N-dealkylation sites (N-methyl/N-ethyl adjacent to an activating group) is 1. The van der Waals surface area contributed by atoms with Gasteiger partial charge in [0.2, 0.25) is 0 Å². The molecular formula is C42H81N3O11. The third-order valence-electron chi connectivity index (χ3n) is 13.3. The molecule has 3 fully saturated rings. The molecule has 14 nitrogen and oxygen atoms in total. The quantitative estimate of drug-likeness (QED) is 0.132. The van der Waals surface area contributed by atoms with Gasteiger partial charge in [-0.05, 0) is 106 Å². The summed E-state index contributed by atoms with van der Waals surface area (Å²) < 4.78 is 38.9. The monoisotopic (exact) mass is 804 g/mol. The van der Waals surface area contributed by atoms with E-state index in [0.29, 0.717) is 19.4 Å². The van der Waals surface area contributed by atoms with E-state index in [1.165, 1.54) is 6.92 Å². The number of hydrogen-bond donors (Lipinski definition) is 6. The standard InChI is InChI=1S/C42H81N3O11/c1-16-18-43-23-42(50)29(8)53-32(21-40(42,11)51-15)55-34-26(5)36(56-38-33(46)30(45(13)14)19-25(4)52-38)39(9,10)20-24(3)22-44-28(7)35(47)41(12,49)31(17-2)54-37(48)27(34)6/h24-36,38,43-44,46-47,49-50H,16-23H2,1-15H3/t24-,25-,26+,27-,28-,29+,30+,31-,32+,33-,34+,35-,36-,38+,40-,41-,42+/m1/s1. The fourth-order valence-electron chi connectivity index (χ4n) is 9.58. The fraction of sp³-hybridized carbons (Fsp3) is 0.976. The summed E-state index contributed by atoms with van der Waals surface area (Å²) in [7, 11) is 5.44. The van der Waals surface area contributed by atoms with Crippen LogP contribution >= 0.6 is 0 Å². The summed E-state index contributed by atoms with van der Waals surface area (Å²) in [6.45, 7) is 24.4. The Morgan fingerprint density at radius 1 is 0.964 bits per heavy atom. The van der Waals surface area contributed by atoms with Crippen LogP contribution in [-0.2, 0) is 33.2 Å². The summed E-state index contributed by atoms with van der Waals surface area (Å²) in [5.41, 5.74) is -4.82. The Labute approximate surface area is 338 Å². The lowest BCUT2D eigenvalue weighted by Gasteiger charge is -2.54. The van der Waals surface area contributed by atoms with Crippen molar-refractivity contribution in [3.05, 3.63) is 0 Å². The van der Waals surface area contributed by atoms with Crippen molar-refractivity contribution >= 4 is 5.97 Å². The largest absolute Gasteiger partial charge is 0.459 e. The summed E-state index contributed by atoms with van der Waals surface area (Å²) in [5, 5.41) is 53.6. The van der Waals surface area contributed by atoms with E-state index >= 15 is 0 Å². The molecule has 0 radical (unpaired) electrons. The molecule has 0 aromatic carbocycles. The lowest BCUT2D eigenvalue weighted by molar-refractivity contribution is -0.334. The van der Waals surface area contributed by atoms with Crippen molar-refractivity contribution in [3.8, 4) is 0 Å². The lowest BCUT2D eigenvalue weighted by atomic mass is 9.71. The zero-order valence-electron chi connectivity index (χ0n) is 37.3. The first-order chi connectivity index (χ1) is 25.9. The van der Waals surface area contributed by atoms with Crippen LogP contribution in [0.4, 0.5) is 0 Å². The molecule has 6 N–H and O–H groups in total. The van der Waals surface area contributed by atoms with E-state index in [2.05, 4.69) is 38.3 Å². The fourth-order valence-corrected chi connectivity index (χ4v) is 9.58. The molecular weight excluding hydrogens is 722 g/mol. The molecule has 3 aliphatic rings. The molecule has 330 valence electrons. The summed E-state index contributed by atoms with van der Waals surface area (Å²) in [6.07, 6.45) is -4.88. The third-order valence-corrected chi connectivity index (χ3v) is 13.3. The van der Waals surface area contributed by atoms with Crippen LogP contribution in [0.15, 0.2) is 0 Å². The zero-order chi connectivity index (χ0) is 42.6. The first kappa shape index (κ1) is 49.4. The average molecular weight is 804 g/mol. The van der Waals surface area contributed by atoms with Crippen LogP contribution in [0.1, 0.15) is 115 Å². The van der Waals surface area contributed by atoms with Crippen LogP contribution in [0.25, 0.3) is 0 Å². The molecule has 3 heterocycles. The Kier molecular flexibility index (Phi) is 17.7. The summed E-state index contributed by atoms with van der Waals surface area (Å²) in [4.78, 5) is 16.4. The second-order valence-corrected chi connectivity index (χ2v) is 18.8. The minimum absolute atomic E-state index is 0.0826. The third kappa shape index (κ3) is 11.0. The van der Waals surface area contributed by atoms with Crippen molar-refractivity contribution in [1.82, 2.24) is 15.5 Å². The minimum Gasteiger partial charge on any atom is -0.459 e. The van der Waals surface area contributed by atoms with E-state index in [1.807, 2.05) is 46.7 Å². The van der Waals surface area contributed by atoms with Crippen LogP contribution in [0.2, 0.25) is 0 Å². The van der Waals surface area contributed by atoms with Crippen molar-refractivity contribution in [2.24, 2.45) is 23.2 Å². The molecule has 3 rings (SSSR count). The molecule has 17 atom stereocenters. The second kappa shape index (κ2) is 20.0. The van der Waals surface area contributed by atoms with E-state index in [9.17, 15) is 25.2 Å². The number of nitrogens with one attached hydrogen (secondary N) is 2. The van der Waals surface area contributed by atoms with Crippen molar-refractivity contribution < 1.29 is 53.6 Å². The number of methoxy groups -OCH3 is 1. The first-order valence-corrected chi connectivity index (χ1v) is 21.2. The van der Waals surface area contributed by atoms with Gasteiger partial charge in [0.1, 0.15) is 35.1 Å². The minimum atomic E-state index is -1.76. The molecule has 0 saturated carbocycles. The zero-order valence-corrected chi connectivity index (χ0v) is 37.3. The van der Waals surface area contributed by atoms with Gasteiger partial charge in [0.05, 0.1) is 30.3 Å². The van der Waals surface area contributed by atoms with Gasteiger partial charge in [-0.2, -0.15) is 0 Å². The van der Waals surface area contributed by atoms with Gasteiger partial charge in [-0.15, -0.1) is 0 Å². The van der Waals surface area contributed by atoms with Gasteiger partial charge in [-0.3, -0.25) is 4.79 Å². The number of esters is 1. The Hall–Kier alpha value is -1.01. The summed E-state index contributed by atoms with van der Waals surface area (Å²) >= 11 is 0. The maximum Gasteiger partial charge on any atom is 0.311 e. The van der Waals surface area contributed by atoms with Crippen LogP contribution in [0.5, 0.6) is 0 Å². The molecule has 0 aromatic rings. The lowest BCUT2D eigenvalue weighted by Crippen LogP contribution is -2.70.